The first-order valence-electron chi connectivity index (χ1n) is 3.64. The Morgan fingerprint density at radius 1 is 1.27 bits per heavy atom. The van der Waals surface area contributed by atoms with Crippen LogP contribution in [0.5, 0.6) is 0 Å². The van der Waals surface area contributed by atoms with Crippen molar-refractivity contribution in [1.82, 2.24) is 0 Å². The normalized spacial score (nSPS) is 17.2. The molecule has 0 spiro atoms. The summed E-state index contributed by atoms with van der Waals surface area (Å²) in [4.78, 5) is 8.58. The van der Waals surface area contributed by atoms with Crippen LogP contribution in [0, 0.1) is 0 Å². The van der Waals surface area contributed by atoms with Gasteiger partial charge in [-0.1, -0.05) is 19.3 Å². The quantitative estimate of drug-likeness (QED) is 0.544. The molecule has 0 saturated heterocycles. The van der Waals surface area contributed by atoms with E-state index in [1.807, 2.05) is 0 Å². The highest BCUT2D eigenvalue weighted by Crippen LogP contribution is 2.16. The molecule has 68 valence electrons. The first kappa shape index (κ1) is 13.3. The van der Waals surface area contributed by atoms with E-state index >= 15 is 0 Å². The summed E-state index contributed by atoms with van der Waals surface area (Å²) in [5.74, 6) is 0. The molecule has 0 aromatic carbocycles. The second-order valence-electron chi connectivity index (χ2n) is 2.43. The lowest BCUT2D eigenvalue weighted by Gasteiger charge is -2.14. The molecule has 0 unspecified atom stereocenters. The zero-order valence-corrected chi connectivity index (χ0v) is 7.35. The molecule has 3 nitrogen and oxygen atoms in total. The Morgan fingerprint density at radius 2 is 1.64 bits per heavy atom. The fourth-order valence-electron chi connectivity index (χ4n) is 1.08. The smallest absolute Gasteiger partial charge is 0.204 e. The van der Waals surface area contributed by atoms with Crippen LogP contribution in [-0.2, 0) is 4.79 Å². The van der Waals surface area contributed by atoms with Crippen molar-refractivity contribution in [2.75, 3.05) is 0 Å². The highest BCUT2D eigenvalue weighted by atomic mass is 35.5. The van der Waals surface area contributed by atoms with Crippen molar-refractivity contribution in [3.8, 4) is 0 Å². The highest BCUT2D eigenvalue weighted by Gasteiger charge is 2.07. The first-order chi connectivity index (χ1) is 4.81. The van der Waals surface area contributed by atoms with Crippen LogP contribution in [0.25, 0.3) is 0 Å². The van der Waals surface area contributed by atoms with Crippen LogP contribution in [0.3, 0.4) is 0 Å². The monoisotopic (exact) mass is 181 g/mol. The minimum absolute atomic E-state index is 0. The Hall–Kier alpha value is -0.280. The van der Waals surface area contributed by atoms with Crippen LogP contribution in [-0.4, -0.2) is 17.6 Å². The SMILES string of the molecule is Cl.NC=O.OC1CCCCC1. The maximum Gasteiger partial charge on any atom is 0.204 e. The lowest BCUT2D eigenvalue weighted by Crippen LogP contribution is -2.09. The predicted molar refractivity (Wildman–Crippen MR) is 46.6 cm³/mol. The van der Waals surface area contributed by atoms with E-state index in [0.717, 1.165) is 12.8 Å². The van der Waals surface area contributed by atoms with E-state index < -0.39 is 0 Å². The Labute approximate surface area is 73.4 Å². The number of aliphatic hydroxyl groups excluding tert-OH is 1. The van der Waals surface area contributed by atoms with Crippen LogP contribution in [0.15, 0.2) is 0 Å². The molecular formula is C7H16ClNO2. The molecule has 4 heteroatoms. The van der Waals surface area contributed by atoms with Crippen LogP contribution < -0.4 is 5.73 Å². The molecule has 0 aromatic heterocycles. The summed E-state index contributed by atoms with van der Waals surface area (Å²) in [6, 6.07) is 0. The third kappa shape index (κ3) is 9.72. The molecule has 1 fully saturated rings. The van der Waals surface area contributed by atoms with Gasteiger partial charge >= 0.3 is 0 Å². The number of aliphatic hydroxyl groups is 1. The van der Waals surface area contributed by atoms with Gasteiger partial charge in [-0.25, -0.2) is 0 Å². The third-order valence-electron chi connectivity index (χ3n) is 1.57. The van der Waals surface area contributed by atoms with E-state index in [1.54, 1.807) is 0 Å². The van der Waals surface area contributed by atoms with Gasteiger partial charge in [-0.05, 0) is 12.8 Å². The summed E-state index contributed by atoms with van der Waals surface area (Å²) in [5, 5.41) is 8.91. The third-order valence-corrected chi connectivity index (χ3v) is 1.57. The fraction of sp³-hybridized carbons (Fsp3) is 0.857. The number of halogens is 1. The number of nitrogens with two attached hydrogens (primary N) is 1. The van der Waals surface area contributed by atoms with E-state index in [1.165, 1.54) is 19.3 Å². The molecule has 1 amide bonds. The van der Waals surface area contributed by atoms with Crippen LogP contribution in [0.2, 0.25) is 0 Å². The van der Waals surface area contributed by atoms with Crippen molar-refractivity contribution in [3.05, 3.63) is 0 Å². The van der Waals surface area contributed by atoms with Crippen molar-refractivity contribution in [3.63, 3.8) is 0 Å². The van der Waals surface area contributed by atoms with E-state index in [0.29, 0.717) is 0 Å². The number of carbonyl (C=O) groups is 1. The number of rotatable bonds is 0. The Morgan fingerprint density at radius 3 is 1.82 bits per heavy atom. The van der Waals surface area contributed by atoms with Crippen molar-refractivity contribution in [2.45, 2.75) is 38.2 Å². The van der Waals surface area contributed by atoms with Gasteiger partial charge in [0, 0.05) is 0 Å². The highest BCUT2D eigenvalue weighted by molar-refractivity contribution is 5.85. The van der Waals surface area contributed by atoms with Crippen molar-refractivity contribution < 1.29 is 9.90 Å². The van der Waals surface area contributed by atoms with E-state index in [9.17, 15) is 0 Å². The largest absolute Gasteiger partial charge is 0.393 e. The fourth-order valence-corrected chi connectivity index (χ4v) is 1.08. The van der Waals surface area contributed by atoms with Crippen LogP contribution >= 0.6 is 12.4 Å². The molecule has 1 saturated carbocycles. The van der Waals surface area contributed by atoms with E-state index in [2.05, 4.69) is 5.73 Å². The van der Waals surface area contributed by atoms with Crippen LogP contribution in [0.1, 0.15) is 32.1 Å². The minimum atomic E-state index is 0. The van der Waals surface area contributed by atoms with Gasteiger partial charge in [0.05, 0.1) is 6.10 Å². The number of amides is 1. The van der Waals surface area contributed by atoms with Gasteiger partial charge in [0.1, 0.15) is 0 Å². The van der Waals surface area contributed by atoms with Crippen molar-refractivity contribution in [1.29, 1.82) is 0 Å². The first-order valence-corrected chi connectivity index (χ1v) is 3.64. The predicted octanol–water partition coefficient (Wildman–Crippen LogP) is 0.835. The zero-order chi connectivity index (χ0) is 7.82. The standard InChI is InChI=1S/C6H12O.CH3NO.ClH/c7-6-4-2-1-3-5-6;2-1-3;/h6-7H,1-5H2;1H,(H2,2,3);1H. The summed E-state index contributed by atoms with van der Waals surface area (Å²) in [6.45, 7) is 0. The number of primary amides is 1. The average molecular weight is 182 g/mol. The second kappa shape index (κ2) is 9.72. The molecule has 0 aliphatic heterocycles. The van der Waals surface area contributed by atoms with Gasteiger partial charge in [-0.15, -0.1) is 12.4 Å². The van der Waals surface area contributed by atoms with Gasteiger partial charge in [-0.2, -0.15) is 0 Å². The van der Waals surface area contributed by atoms with Crippen LogP contribution in [0.4, 0.5) is 0 Å². The number of hydrogen-bond donors (Lipinski definition) is 2. The van der Waals surface area contributed by atoms with Gasteiger partial charge in [0.25, 0.3) is 0 Å². The molecule has 0 radical (unpaired) electrons. The molecule has 1 rings (SSSR count). The maximum atomic E-state index is 8.91. The van der Waals surface area contributed by atoms with Gasteiger partial charge < -0.3 is 10.8 Å². The Kier molecular flexibility index (Phi) is 11.8. The lowest BCUT2D eigenvalue weighted by atomic mass is 9.98. The van der Waals surface area contributed by atoms with Gasteiger partial charge in [-0.3, -0.25) is 4.79 Å². The second-order valence-corrected chi connectivity index (χ2v) is 2.43. The molecule has 0 heterocycles. The Bertz CT molecular complexity index is 84.5. The molecular weight excluding hydrogens is 166 g/mol. The summed E-state index contributed by atoms with van der Waals surface area (Å²) in [5.41, 5.74) is 4.17. The Balaban J connectivity index is 0. The molecule has 0 bridgehead atoms. The number of carbonyl (C=O) groups excluding carboxylic acids is 1. The molecule has 0 aromatic rings. The van der Waals surface area contributed by atoms with Gasteiger partial charge in [0.2, 0.25) is 6.41 Å². The van der Waals surface area contributed by atoms with E-state index in [-0.39, 0.29) is 24.9 Å². The topological polar surface area (TPSA) is 63.3 Å². The molecule has 1 aliphatic rings. The summed E-state index contributed by atoms with van der Waals surface area (Å²) in [6.07, 6.45) is 6.17. The zero-order valence-electron chi connectivity index (χ0n) is 6.53. The average Bonchev–Trinajstić information content (AvgIpc) is 1.91. The van der Waals surface area contributed by atoms with E-state index in [4.69, 9.17) is 9.90 Å². The van der Waals surface area contributed by atoms with Gasteiger partial charge in [0.15, 0.2) is 0 Å². The molecule has 1 aliphatic carbocycles. The molecule has 3 N–H and O–H groups in total. The lowest BCUT2D eigenvalue weighted by molar-refractivity contribution is -0.106. The summed E-state index contributed by atoms with van der Waals surface area (Å²) in [7, 11) is 0. The summed E-state index contributed by atoms with van der Waals surface area (Å²) < 4.78 is 0. The van der Waals surface area contributed by atoms with Crippen molar-refractivity contribution in [2.24, 2.45) is 5.73 Å². The summed E-state index contributed by atoms with van der Waals surface area (Å²) >= 11 is 0. The maximum absolute atomic E-state index is 8.91. The molecule has 11 heavy (non-hydrogen) atoms. The molecule has 0 atom stereocenters. The minimum Gasteiger partial charge on any atom is -0.393 e. The van der Waals surface area contributed by atoms with Crippen molar-refractivity contribution >= 4 is 18.8 Å². The number of hydrogen-bond acceptors (Lipinski definition) is 2.